The Morgan fingerprint density at radius 3 is 2.22 bits per heavy atom. The Labute approximate surface area is 107 Å². The van der Waals surface area contributed by atoms with Gasteiger partial charge in [0.15, 0.2) is 0 Å². The van der Waals surface area contributed by atoms with Crippen molar-refractivity contribution >= 4 is 15.7 Å². The highest BCUT2D eigenvalue weighted by Gasteiger charge is 2.27. The Morgan fingerprint density at radius 2 is 1.72 bits per heavy atom. The molecule has 2 aliphatic rings. The number of sulfonamides is 1. The molecule has 3 rings (SSSR count). The van der Waals surface area contributed by atoms with Crippen LogP contribution in [0.1, 0.15) is 12.8 Å². The van der Waals surface area contributed by atoms with Gasteiger partial charge in [-0.15, -0.1) is 0 Å². The summed E-state index contributed by atoms with van der Waals surface area (Å²) in [6.07, 6.45) is 1.90. The van der Waals surface area contributed by atoms with E-state index in [4.69, 9.17) is 0 Å². The van der Waals surface area contributed by atoms with Crippen LogP contribution in [0.15, 0.2) is 29.2 Å². The van der Waals surface area contributed by atoms with Gasteiger partial charge in [-0.25, -0.2) is 13.1 Å². The number of rotatable bonds is 5. The van der Waals surface area contributed by atoms with E-state index in [1.165, 1.54) is 0 Å². The molecule has 0 aromatic heterocycles. The van der Waals surface area contributed by atoms with Crippen LogP contribution < -0.4 is 15.4 Å². The highest BCUT2D eigenvalue weighted by Crippen LogP contribution is 2.23. The Kier molecular flexibility index (Phi) is 3.01. The molecular formula is C12H17N3O2S. The molecule has 0 unspecified atom stereocenters. The van der Waals surface area contributed by atoms with Crippen molar-refractivity contribution in [2.24, 2.45) is 0 Å². The second-order valence-corrected chi connectivity index (χ2v) is 6.63. The summed E-state index contributed by atoms with van der Waals surface area (Å²) in [4.78, 5) is 0.340. The molecule has 1 aliphatic heterocycles. The van der Waals surface area contributed by atoms with Gasteiger partial charge in [0.2, 0.25) is 10.0 Å². The van der Waals surface area contributed by atoms with E-state index in [2.05, 4.69) is 15.4 Å². The zero-order chi connectivity index (χ0) is 12.6. The van der Waals surface area contributed by atoms with E-state index in [1.54, 1.807) is 12.1 Å². The predicted molar refractivity (Wildman–Crippen MR) is 70.1 cm³/mol. The van der Waals surface area contributed by atoms with Gasteiger partial charge in [0.05, 0.1) is 10.9 Å². The third kappa shape index (κ3) is 2.66. The first-order valence-corrected chi connectivity index (χ1v) is 7.71. The highest BCUT2D eigenvalue weighted by molar-refractivity contribution is 7.89. The lowest BCUT2D eigenvalue weighted by Crippen LogP contribution is -2.51. The maximum absolute atomic E-state index is 11.9. The molecule has 98 valence electrons. The van der Waals surface area contributed by atoms with E-state index in [1.807, 2.05) is 12.1 Å². The van der Waals surface area contributed by atoms with Crippen molar-refractivity contribution in [1.29, 1.82) is 0 Å². The van der Waals surface area contributed by atoms with Crippen LogP contribution in [0, 0.1) is 0 Å². The molecule has 0 atom stereocenters. The first-order valence-electron chi connectivity index (χ1n) is 6.23. The fourth-order valence-electron chi connectivity index (χ4n) is 1.85. The number of anilines is 1. The zero-order valence-electron chi connectivity index (χ0n) is 10.0. The monoisotopic (exact) mass is 267 g/mol. The number of benzene rings is 1. The Bertz CT molecular complexity index is 519. The lowest BCUT2D eigenvalue weighted by molar-refractivity contribution is 0.472. The van der Waals surface area contributed by atoms with Crippen molar-refractivity contribution in [2.45, 2.75) is 29.8 Å². The molecule has 18 heavy (non-hydrogen) atoms. The predicted octanol–water partition coefficient (Wildman–Crippen LogP) is 0.511. The van der Waals surface area contributed by atoms with Crippen LogP contribution in [-0.4, -0.2) is 33.6 Å². The van der Waals surface area contributed by atoms with Crippen molar-refractivity contribution in [2.75, 3.05) is 18.4 Å². The van der Waals surface area contributed by atoms with Crippen molar-refractivity contribution in [3.8, 4) is 0 Å². The van der Waals surface area contributed by atoms with Crippen LogP contribution in [0.2, 0.25) is 0 Å². The van der Waals surface area contributed by atoms with Gasteiger partial charge in [-0.3, -0.25) is 0 Å². The SMILES string of the molecule is O=S(=O)(NC1CC1)c1ccc(NC2CNC2)cc1. The maximum Gasteiger partial charge on any atom is 0.240 e. The topological polar surface area (TPSA) is 70.2 Å². The molecule has 0 amide bonds. The molecule has 6 heteroatoms. The van der Waals surface area contributed by atoms with E-state index in [0.717, 1.165) is 31.6 Å². The second-order valence-electron chi connectivity index (χ2n) is 4.92. The third-order valence-electron chi connectivity index (χ3n) is 3.22. The van der Waals surface area contributed by atoms with Gasteiger partial charge in [0.25, 0.3) is 0 Å². The van der Waals surface area contributed by atoms with Crippen LogP contribution in [0.25, 0.3) is 0 Å². The molecule has 1 aromatic rings. The summed E-state index contributed by atoms with van der Waals surface area (Å²) in [7, 11) is -3.32. The van der Waals surface area contributed by atoms with Gasteiger partial charge >= 0.3 is 0 Å². The first-order chi connectivity index (χ1) is 8.63. The summed E-state index contributed by atoms with van der Waals surface area (Å²) in [5.41, 5.74) is 0.965. The zero-order valence-corrected chi connectivity index (χ0v) is 10.8. The fraction of sp³-hybridized carbons (Fsp3) is 0.500. The van der Waals surface area contributed by atoms with Crippen LogP contribution in [0.3, 0.4) is 0 Å². The normalized spacial score (nSPS) is 20.4. The minimum absolute atomic E-state index is 0.147. The largest absolute Gasteiger partial charge is 0.380 e. The minimum atomic E-state index is -3.32. The van der Waals surface area contributed by atoms with Crippen LogP contribution >= 0.6 is 0 Å². The first kappa shape index (κ1) is 12.0. The maximum atomic E-state index is 11.9. The van der Waals surface area contributed by atoms with E-state index < -0.39 is 10.0 Å². The summed E-state index contributed by atoms with van der Waals surface area (Å²) < 4.78 is 26.6. The summed E-state index contributed by atoms with van der Waals surface area (Å²) in [5, 5.41) is 6.51. The van der Waals surface area contributed by atoms with Gasteiger partial charge in [-0.2, -0.15) is 0 Å². The molecule has 1 heterocycles. The molecule has 3 N–H and O–H groups in total. The molecule has 1 saturated heterocycles. The van der Waals surface area contributed by atoms with E-state index in [0.29, 0.717) is 10.9 Å². The molecule has 2 fully saturated rings. The summed E-state index contributed by atoms with van der Waals surface area (Å²) in [5.74, 6) is 0. The Hall–Kier alpha value is -1.11. The minimum Gasteiger partial charge on any atom is -0.380 e. The Balaban J connectivity index is 1.69. The molecule has 0 spiro atoms. The molecule has 0 radical (unpaired) electrons. The van der Waals surface area contributed by atoms with Crippen LogP contribution in [-0.2, 0) is 10.0 Å². The molecule has 0 bridgehead atoms. The lowest BCUT2D eigenvalue weighted by Gasteiger charge is -2.29. The highest BCUT2D eigenvalue weighted by atomic mass is 32.2. The average molecular weight is 267 g/mol. The van der Waals surface area contributed by atoms with Crippen LogP contribution in [0.4, 0.5) is 5.69 Å². The van der Waals surface area contributed by atoms with E-state index in [9.17, 15) is 8.42 Å². The van der Waals surface area contributed by atoms with Gasteiger partial charge in [0, 0.05) is 24.8 Å². The van der Waals surface area contributed by atoms with Gasteiger partial charge in [-0.05, 0) is 37.1 Å². The van der Waals surface area contributed by atoms with E-state index in [-0.39, 0.29) is 6.04 Å². The second kappa shape index (κ2) is 4.53. The van der Waals surface area contributed by atoms with Gasteiger partial charge in [-0.1, -0.05) is 0 Å². The standard InChI is InChI=1S/C12H17N3O2S/c16-18(17,15-10-1-2-10)12-5-3-9(4-6-12)14-11-7-13-8-11/h3-6,10-11,13-15H,1-2,7-8H2. The van der Waals surface area contributed by atoms with Crippen molar-refractivity contribution in [1.82, 2.24) is 10.0 Å². The molecular weight excluding hydrogens is 250 g/mol. The van der Waals surface area contributed by atoms with Gasteiger partial charge < -0.3 is 10.6 Å². The number of hydrogen-bond acceptors (Lipinski definition) is 4. The lowest BCUT2D eigenvalue weighted by atomic mass is 10.1. The molecule has 1 aliphatic carbocycles. The van der Waals surface area contributed by atoms with Crippen molar-refractivity contribution < 1.29 is 8.42 Å². The van der Waals surface area contributed by atoms with Crippen molar-refractivity contribution in [3.05, 3.63) is 24.3 Å². The molecule has 5 nitrogen and oxygen atoms in total. The van der Waals surface area contributed by atoms with Gasteiger partial charge in [0.1, 0.15) is 0 Å². The fourth-order valence-corrected chi connectivity index (χ4v) is 3.15. The van der Waals surface area contributed by atoms with E-state index >= 15 is 0 Å². The summed E-state index contributed by atoms with van der Waals surface area (Å²) in [6, 6.07) is 7.54. The molecule has 1 saturated carbocycles. The van der Waals surface area contributed by atoms with Crippen molar-refractivity contribution in [3.63, 3.8) is 0 Å². The Morgan fingerprint density at radius 1 is 1.06 bits per heavy atom. The molecule has 1 aromatic carbocycles. The third-order valence-corrected chi connectivity index (χ3v) is 4.75. The summed E-state index contributed by atoms with van der Waals surface area (Å²) >= 11 is 0. The number of nitrogens with one attached hydrogen (secondary N) is 3. The summed E-state index contributed by atoms with van der Waals surface area (Å²) in [6.45, 7) is 1.92. The quantitative estimate of drug-likeness (QED) is 0.727. The smallest absolute Gasteiger partial charge is 0.240 e. The average Bonchev–Trinajstić information content (AvgIpc) is 3.07. The van der Waals surface area contributed by atoms with Crippen LogP contribution in [0.5, 0.6) is 0 Å². The number of hydrogen-bond donors (Lipinski definition) is 3.